The van der Waals surface area contributed by atoms with Crippen molar-refractivity contribution in [2.45, 2.75) is 19.4 Å². The Morgan fingerprint density at radius 1 is 0.926 bits per heavy atom. The molecule has 9 heteroatoms. The van der Waals surface area contributed by atoms with Gasteiger partial charge in [-0.2, -0.15) is 0 Å². The van der Waals surface area contributed by atoms with Gasteiger partial charge in [0.15, 0.2) is 5.92 Å². The van der Waals surface area contributed by atoms with Gasteiger partial charge in [0.2, 0.25) is 5.91 Å². The van der Waals surface area contributed by atoms with Crippen molar-refractivity contribution in [2.75, 3.05) is 21.3 Å². The predicted octanol–water partition coefficient (Wildman–Crippen LogP) is 0.624. The van der Waals surface area contributed by atoms with Gasteiger partial charge >= 0.3 is 17.9 Å². The molecule has 148 valence electrons. The lowest BCUT2D eigenvalue weighted by atomic mass is 9.87. The van der Waals surface area contributed by atoms with Crippen LogP contribution in [-0.4, -0.2) is 51.2 Å². The number of methoxy groups -OCH3 is 3. The van der Waals surface area contributed by atoms with Gasteiger partial charge in [-0.25, -0.2) is 9.18 Å². The molecule has 0 spiro atoms. The SMILES string of the molecule is COC(=O)C(C(=O)OC)[C@H](C)[C@H](NC(=O)Cc1ccc(F)cc1)C(=O)OC. The predicted molar refractivity (Wildman–Crippen MR) is 90.7 cm³/mol. The van der Waals surface area contributed by atoms with Crippen LogP contribution in [0.1, 0.15) is 12.5 Å². The molecular formula is C18H22FNO7. The number of amides is 1. The summed E-state index contributed by atoms with van der Waals surface area (Å²) in [6.45, 7) is 1.41. The van der Waals surface area contributed by atoms with Crippen molar-refractivity contribution in [2.24, 2.45) is 11.8 Å². The van der Waals surface area contributed by atoms with E-state index in [0.717, 1.165) is 21.3 Å². The number of benzene rings is 1. The summed E-state index contributed by atoms with van der Waals surface area (Å²) in [5, 5.41) is 2.45. The summed E-state index contributed by atoms with van der Waals surface area (Å²) in [6.07, 6.45) is -0.137. The zero-order chi connectivity index (χ0) is 20.6. The van der Waals surface area contributed by atoms with E-state index in [2.05, 4.69) is 19.5 Å². The van der Waals surface area contributed by atoms with E-state index in [4.69, 9.17) is 0 Å². The molecule has 0 saturated carbocycles. The first kappa shape index (κ1) is 22.1. The molecule has 2 atom stereocenters. The lowest BCUT2D eigenvalue weighted by Crippen LogP contribution is -2.51. The topological polar surface area (TPSA) is 108 Å². The van der Waals surface area contributed by atoms with Gasteiger partial charge in [-0.05, 0) is 17.7 Å². The van der Waals surface area contributed by atoms with Crippen molar-refractivity contribution in [3.63, 3.8) is 0 Å². The van der Waals surface area contributed by atoms with Crippen LogP contribution in [0.3, 0.4) is 0 Å². The fourth-order valence-corrected chi connectivity index (χ4v) is 2.52. The average molecular weight is 383 g/mol. The molecule has 0 fully saturated rings. The second-order valence-corrected chi connectivity index (χ2v) is 5.75. The Labute approximate surface area is 156 Å². The summed E-state index contributed by atoms with van der Waals surface area (Å²) in [4.78, 5) is 48.3. The third kappa shape index (κ3) is 6.05. The molecule has 8 nitrogen and oxygen atoms in total. The molecule has 0 unspecified atom stereocenters. The standard InChI is InChI=1S/C18H22FNO7/c1-10(14(16(22)25-2)17(23)26-3)15(18(24)27-4)20-13(21)9-11-5-7-12(19)8-6-11/h5-8,10,14-15H,9H2,1-4H3,(H,20,21)/t10-,15-/m0/s1. The van der Waals surface area contributed by atoms with Crippen LogP contribution in [0.2, 0.25) is 0 Å². The molecule has 1 aromatic carbocycles. The van der Waals surface area contributed by atoms with Gasteiger partial charge in [0.05, 0.1) is 27.8 Å². The molecule has 1 aromatic rings. The summed E-state index contributed by atoms with van der Waals surface area (Å²) in [7, 11) is 3.29. The molecule has 0 bridgehead atoms. The van der Waals surface area contributed by atoms with Gasteiger partial charge in [-0.3, -0.25) is 14.4 Å². The van der Waals surface area contributed by atoms with Gasteiger partial charge in [0.25, 0.3) is 0 Å². The maximum Gasteiger partial charge on any atom is 0.328 e. The van der Waals surface area contributed by atoms with E-state index in [0.29, 0.717) is 5.56 Å². The fraction of sp³-hybridized carbons (Fsp3) is 0.444. The minimum absolute atomic E-state index is 0.137. The summed E-state index contributed by atoms with van der Waals surface area (Å²) < 4.78 is 26.8. The van der Waals surface area contributed by atoms with E-state index >= 15 is 0 Å². The third-order valence-electron chi connectivity index (χ3n) is 4.01. The Morgan fingerprint density at radius 2 is 1.41 bits per heavy atom. The summed E-state index contributed by atoms with van der Waals surface area (Å²) >= 11 is 0. The van der Waals surface area contributed by atoms with Crippen molar-refractivity contribution < 1.29 is 37.8 Å². The van der Waals surface area contributed by atoms with Gasteiger partial charge in [-0.15, -0.1) is 0 Å². The van der Waals surface area contributed by atoms with Crippen molar-refractivity contribution >= 4 is 23.8 Å². The molecule has 0 aliphatic rings. The second-order valence-electron chi connectivity index (χ2n) is 5.75. The molecule has 1 rings (SSSR count). The van der Waals surface area contributed by atoms with Crippen molar-refractivity contribution in [3.05, 3.63) is 35.6 Å². The van der Waals surface area contributed by atoms with Crippen LogP contribution in [0.15, 0.2) is 24.3 Å². The number of carbonyl (C=O) groups excluding carboxylic acids is 4. The minimum Gasteiger partial charge on any atom is -0.468 e. The first-order chi connectivity index (χ1) is 12.7. The smallest absolute Gasteiger partial charge is 0.328 e. The summed E-state index contributed by atoms with van der Waals surface area (Å²) in [6, 6.07) is 3.96. The molecule has 1 N–H and O–H groups in total. The number of nitrogens with one attached hydrogen (secondary N) is 1. The van der Waals surface area contributed by atoms with Crippen LogP contribution in [0.25, 0.3) is 0 Å². The first-order valence-electron chi connectivity index (χ1n) is 8.02. The number of esters is 3. The number of hydrogen-bond acceptors (Lipinski definition) is 7. The highest BCUT2D eigenvalue weighted by Crippen LogP contribution is 2.20. The van der Waals surface area contributed by atoms with Crippen LogP contribution < -0.4 is 5.32 Å². The quantitative estimate of drug-likeness (QED) is 0.398. The van der Waals surface area contributed by atoms with Gasteiger partial charge in [-0.1, -0.05) is 19.1 Å². The zero-order valence-electron chi connectivity index (χ0n) is 15.5. The molecular weight excluding hydrogens is 361 g/mol. The van der Waals surface area contributed by atoms with E-state index in [-0.39, 0.29) is 6.42 Å². The van der Waals surface area contributed by atoms with Gasteiger partial charge in [0, 0.05) is 5.92 Å². The maximum absolute atomic E-state index is 12.9. The number of hydrogen-bond donors (Lipinski definition) is 1. The highest BCUT2D eigenvalue weighted by molar-refractivity contribution is 5.96. The molecule has 0 radical (unpaired) electrons. The lowest BCUT2D eigenvalue weighted by Gasteiger charge is -2.27. The van der Waals surface area contributed by atoms with Crippen LogP contribution in [0.4, 0.5) is 4.39 Å². The summed E-state index contributed by atoms with van der Waals surface area (Å²) in [5.41, 5.74) is 0.516. The van der Waals surface area contributed by atoms with E-state index in [9.17, 15) is 23.6 Å². The highest BCUT2D eigenvalue weighted by Gasteiger charge is 2.42. The van der Waals surface area contributed by atoms with Crippen LogP contribution >= 0.6 is 0 Å². The van der Waals surface area contributed by atoms with E-state index in [1.54, 1.807) is 0 Å². The molecule has 0 heterocycles. The normalized spacial score (nSPS) is 12.7. The van der Waals surface area contributed by atoms with Gasteiger partial charge in [0.1, 0.15) is 11.9 Å². The number of rotatable bonds is 8. The van der Waals surface area contributed by atoms with Crippen molar-refractivity contribution in [3.8, 4) is 0 Å². The minimum atomic E-state index is -1.43. The highest BCUT2D eigenvalue weighted by atomic mass is 19.1. The van der Waals surface area contributed by atoms with Crippen molar-refractivity contribution in [1.82, 2.24) is 5.32 Å². The lowest BCUT2D eigenvalue weighted by molar-refractivity contribution is -0.163. The maximum atomic E-state index is 12.9. The van der Waals surface area contributed by atoms with Crippen LogP contribution in [-0.2, 0) is 39.8 Å². The Balaban J connectivity index is 3.00. The molecule has 0 aliphatic heterocycles. The van der Waals surface area contributed by atoms with Crippen LogP contribution in [0.5, 0.6) is 0 Å². The van der Waals surface area contributed by atoms with E-state index in [1.165, 1.54) is 31.2 Å². The third-order valence-corrected chi connectivity index (χ3v) is 4.01. The molecule has 0 aromatic heterocycles. The largest absolute Gasteiger partial charge is 0.468 e. The number of carbonyl (C=O) groups is 4. The van der Waals surface area contributed by atoms with Crippen LogP contribution in [0, 0.1) is 17.7 Å². The number of halogens is 1. The van der Waals surface area contributed by atoms with Crippen molar-refractivity contribution in [1.29, 1.82) is 0 Å². The molecule has 27 heavy (non-hydrogen) atoms. The molecule has 0 aliphatic carbocycles. The summed E-state index contributed by atoms with van der Waals surface area (Å²) in [5.74, 6) is -6.11. The second kappa shape index (κ2) is 10.2. The zero-order valence-corrected chi connectivity index (χ0v) is 15.5. The molecule has 0 saturated heterocycles. The average Bonchev–Trinajstić information content (AvgIpc) is 2.66. The Hall–Kier alpha value is -2.97. The fourth-order valence-electron chi connectivity index (χ4n) is 2.52. The molecule has 1 amide bonds. The Morgan fingerprint density at radius 3 is 1.85 bits per heavy atom. The Kier molecular flexibility index (Phi) is 8.37. The monoisotopic (exact) mass is 383 g/mol. The number of ether oxygens (including phenoxy) is 3. The first-order valence-corrected chi connectivity index (χ1v) is 8.02. The van der Waals surface area contributed by atoms with E-state index < -0.39 is 47.5 Å². The van der Waals surface area contributed by atoms with E-state index in [1.807, 2.05) is 0 Å². The van der Waals surface area contributed by atoms with Gasteiger partial charge < -0.3 is 19.5 Å². The Bertz CT molecular complexity index is 673.